The summed E-state index contributed by atoms with van der Waals surface area (Å²) in [5, 5.41) is 14.1. The first-order valence-corrected chi connectivity index (χ1v) is 6.81. The summed E-state index contributed by atoms with van der Waals surface area (Å²) >= 11 is 0. The van der Waals surface area contributed by atoms with Gasteiger partial charge in [-0.1, -0.05) is 0 Å². The third kappa shape index (κ3) is 3.69. The molecule has 1 heterocycles. The van der Waals surface area contributed by atoms with E-state index in [0.29, 0.717) is 17.6 Å². The fourth-order valence-corrected chi connectivity index (χ4v) is 2.08. The molecule has 0 spiro atoms. The molecular weight excluding hydrogens is 274 g/mol. The van der Waals surface area contributed by atoms with Crippen LogP contribution in [0.5, 0.6) is 0 Å². The summed E-state index contributed by atoms with van der Waals surface area (Å²) in [5.74, 6) is -0.485. The van der Waals surface area contributed by atoms with Crippen molar-refractivity contribution in [1.82, 2.24) is 9.88 Å². The lowest BCUT2D eigenvalue weighted by Gasteiger charge is -2.20. The van der Waals surface area contributed by atoms with E-state index in [2.05, 4.69) is 26.1 Å². The van der Waals surface area contributed by atoms with Crippen LogP contribution in [0.2, 0.25) is 0 Å². The van der Waals surface area contributed by atoms with Gasteiger partial charge < -0.3 is 9.73 Å². The fraction of sp³-hybridized carbons (Fsp3) is 0.500. The van der Waals surface area contributed by atoms with Crippen LogP contribution >= 0.6 is 0 Å². The number of nitrogens with one attached hydrogen (secondary N) is 1. The Bertz CT molecular complexity index is 709. The van der Waals surface area contributed by atoms with Gasteiger partial charge in [0.15, 0.2) is 5.58 Å². The fourth-order valence-electron chi connectivity index (χ4n) is 2.08. The van der Waals surface area contributed by atoms with E-state index in [4.69, 9.17) is 4.42 Å². The number of aromatic nitrogens is 1. The van der Waals surface area contributed by atoms with Crippen LogP contribution in [0.15, 0.2) is 27.4 Å². The minimum absolute atomic E-state index is 0.0161. The zero-order valence-corrected chi connectivity index (χ0v) is 12.4. The zero-order chi connectivity index (χ0) is 15.6. The molecule has 21 heavy (non-hydrogen) atoms. The molecular formula is C14H19N3O4. The Morgan fingerprint density at radius 3 is 2.71 bits per heavy atom. The van der Waals surface area contributed by atoms with Gasteiger partial charge in [-0.05, 0) is 39.8 Å². The number of non-ortho nitro benzene ring substituents is 1. The number of fused-ring (bicyclic) bond motifs is 1. The third-order valence-electron chi connectivity index (χ3n) is 3.08. The van der Waals surface area contributed by atoms with E-state index in [9.17, 15) is 14.9 Å². The first kappa shape index (κ1) is 15.2. The zero-order valence-electron chi connectivity index (χ0n) is 12.4. The van der Waals surface area contributed by atoms with Crippen molar-refractivity contribution < 1.29 is 9.34 Å². The smallest absolute Gasteiger partial charge is 0.408 e. The van der Waals surface area contributed by atoms with Crippen LogP contribution in [0, 0.1) is 10.1 Å². The quantitative estimate of drug-likeness (QED) is 0.519. The van der Waals surface area contributed by atoms with Crippen LogP contribution in [0.3, 0.4) is 0 Å². The molecule has 7 nitrogen and oxygen atoms in total. The number of nitro groups is 1. The predicted octanol–water partition coefficient (Wildman–Crippen LogP) is 2.28. The van der Waals surface area contributed by atoms with E-state index >= 15 is 0 Å². The van der Waals surface area contributed by atoms with E-state index in [0.717, 1.165) is 13.0 Å². The highest BCUT2D eigenvalue weighted by Gasteiger charge is 2.14. The van der Waals surface area contributed by atoms with Crippen LogP contribution in [0.25, 0.3) is 11.1 Å². The molecule has 0 bridgehead atoms. The lowest BCUT2D eigenvalue weighted by Crippen LogP contribution is -2.36. The van der Waals surface area contributed by atoms with Crippen molar-refractivity contribution >= 4 is 16.8 Å². The molecule has 0 saturated carbocycles. The number of oxazole rings is 1. The molecule has 0 fully saturated rings. The number of benzene rings is 1. The van der Waals surface area contributed by atoms with Crippen LogP contribution in [0.4, 0.5) is 5.69 Å². The van der Waals surface area contributed by atoms with Crippen molar-refractivity contribution in [3.05, 3.63) is 38.9 Å². The van der Waals surface area contributed by atoms with Gasteiger partial charge in [-0.25, -0.2) is 4.79 Å². The number of hydrogen-bond donors (Lipinski definition) is 1. The molecule has 0 aliphatic heterocycles. The molecule has 114 valence electrons. The Morgan fingerprint density at radius 2 is 2.10 bits per heavy atom. The Morgan fingerprint density at radius 1 is 1.38 bits per heavy atom. The highest BCUT2D eigenvalue weighted by atomic mass is 16.6. The van der Waals surface area contributed by atoms with Gasteiger partial charge in [0.25, 0.3) is 5.69 Å². The molecule has 0 aliphatic carbocycles. The standard InChI is InChI=1S/C14H19N3O4/c1-14(2,3)15-7-4-8-16-11-9-10(17(19)20)5-6-12(11)21-13(16)18/h5-6,9,15H,4,7-8H2,1-3H3. The van der Waals surface area contributed by atoms with E-state index in [1.165, 1.54) is 22.8 Å². The van der Waals surface area contributed by atoms with Gasteiger partial charge in [0.1, 0.15) is 0 Å². The maximum absolute atomic E-state index is 11.8. The van der Waals surface area contributed by atoms with Gasteiger partial charge in [-0.3, -0.25) is 14.7 Å². The van der Waals surface area contributed by atoms with E-state index in [-0.39, 0.29) is 11.2 Å². The molecule has 2 aromatic rings. The maximum atomic E-state index is 11.8. The van der Waals surface area contributed by atoms with E-state index < -0.39 is 10.7 Å². The molecule has 0 aliphatic rings. The molecule has 0 radical (unpaired) electrons. The Kier molecular flexibility index (Phi) is 4.13. The summed E-state index contributed by atoms with van der Waals surface area (Å²) in [5.41, 5.74) is 0.798. The lowest BCUT2D eigenvalue weighted by molar-refractivity contribution is -0.384. The summed E-state index contributed by atoms with van der Waals surface area (Å²) in [4.78, 5) is 22.1. The minimum atomic E-state index is -0.485. The molecule has 1 N–H and O–H groups in total. The molecule has 0 atom stereocenters. The number of aryl methyl sites for hydroxylation is 1. The summed E-state index contributed by atoms with van der Waals surface area (Å²) in [7, 11) is 0. The van der Waals surface area contributed by atoms with E-state index in [1.807, 2.05) is 0 Å². The molecule has 1 aromatic carbocycles. The summed E-state index contributed by atoms with van der Waals surface area (Å²) in [6.45, 7) is 7.40. The van der Waals surface area contributed by atoms with Gasteiger partial charge in [0.05, 0.1) is 10.4 Å². The van der Waals surface area contributed by atoms with Crippen molar-refractivity contribution in [2.24, 2.45) is 0 Å². The van der Waals surface area contributed by atoms with Gasteiger partial charge in [-0.2, -0.15) is 0 Å². The van der Waals surface area contributed by atoms with Crippen LogP contribution in [-0.2, 0) is 6.54 Å². The summed E-state index contributed by atoms with van der Waals surface area (Å²) in [6, 6.07) is 4.16. The van der Waals surface area contributed by atoms with Crippen molar-refractivity contribution in [1.29, 1.82) is 0 Å². The monoisotopic (exact) mass is 293 g/mol. The molecule has 0 amide bonds. The second-order valence-electron chi connectivity index (χ2n) is 5.96. The van der Waals surface area contributed by atoms with Crippen LogP contribution < -0.4 is 11.1 Å². The lowest BCUT2D eigenvalue weighted by atomic mass is 10.1. The average Bonchev–Trinajstić information content (AvgIpc) is 2.68. The first-order chi connectivity index (χ1) is 9.78. The van der Waals surface area contributed by atoms with Crippen molar-refractivity contribution in [2.45, 2.75) is 39.3 Å². The van der Waals surface area contributed by atoms with Gasteiger partial charge in [0.2, 0.25) is 0 Å². The van der Waals surface area contributed by atoms with Crippen molar-refractivity contribution in [3.63, 3.8) is 0 Å². The predicted molar refractivity (Wildman–Crippen MR) is 79.5 cm³/mol. The normalized spacial score (nSPS) is 12.0. The Balaban J connectivity index is 2.18. The minimum Gasteiger partial charge on any atom is -0.408 e. The third-order valence-corrected chi connectivity index (χ3v) is 3.08. The van der Waals surface area contributed by atoms with E-state index in [1.54, 1.807) is 0 Å². The Labute approximate surface area is 121 Å². The molecule has 1 aromatic heterocycles. The molecule has 0 saturated heterocycles. The summed E-state index contributed by atoms with van der Waals surface area (Å²) in [6.07, 6.45) is 0.731. The maximum Gasteiger partial charge on any atom is 0.419 e. The molecule has 2 rings (SSSR count). The number of nitro benzene ring substituents is 1. The van der Waals surface area contributed by atoms with Crippen LogP contribution in [-0.4, -0.2) is 21.6 Å². The van der Waals surface area contributed by atoms with Gasteiger partial charge >= 0.3 is 5.76 Å². The Hall–Kier alpha value is -2.15. The van der Waals surface area contributed by atoms with Crippen LogP contribution in [0.1, 0.15) is 27.2 Å². The first-order valence-electron chi connectivity index (χ1n) is 6.81. The number of hydrogen-bond acceptors (Lipinski definition) is 5. The molecule has 0 unspecified atom stereocenters. The van der Waals surface area contributed by atoms with Gasteiger partial charge in [0, 0.05) is 24.2 Å². The highest BCUT2D eigenvalue weighted by molar-refractivity contribution is 5.75. The van der Waals surface area contributed by atoms with Crippen molar-refractivity contribution in [3.8, 4) is 0 Å². The molecule has 7 heteroatoms. The number of rotatable bonds is 5. The second-order valence-corrected chi connectivity index (χ2v) is 5.96. The van der Waals surface area contributed by atoms with Crippen molar-refractivity contribution in [2.75, 3.05) is 6.54 Å². The average molecular weight is 293 g/mol. The largest absolute Gasteiger partial charge is 0.419 e. The summed E-state index contributed by atoms with van der Waals surface area (Å²) < 4.78 is 6.53. The SMILES string of the molecule is CC(C)(C)NCCCn1c(=O)oc2ccc([N+](=O)[O-])cc21. The highest BCUT2D eigenvalue weighted by Crippen LogP contribution is 2.20. The second kappa shape index (κ2) is 5.69. The topological polar surface area (TPSA) is 90.3 Å². The number of nitrogens with zero attached hydrogens (tertiary/aromatic N) is 2. The van der Waals surface area contributed by atoms with Gasteiger partial charge in [-0.15, -0.1) is 0 Å².